The highest BCUT2D eigenvalue weighted by Gasteiger charge is 2.15. The number of nitrogens with one attached hydrogen (secondary N) is 1. The lowest BCUT2D eigenvalue weighted by Crippen LogP contribution is -2.45. The number of rotatable bonds is 3. The molecule has 5 nitrogen and oxygen atoms in total. The first-order chi connectivity index (χ1) is 9.22. The van der Waals surface area contributed by atoms with E-state index in [2.05, 4.69) is 15.2 Å². The summed E-state index contributed by atoms with van der Waals surface area (Å²) in [7, 11) is 0. The van der Waals surface area contributed by atoms with Gasteiger partial charge in [-0.25, -0.2) is 4.98 Å². The molecule has 2 aromatic rings. The summed E-state index contributed by atoms with van der Waals surface area (Å²) in [6.07, 6.45) is 0. The van der Waals surface area contributed by atoms with Crippen molar-refractivity contribution in [3.05, 3.63) is 29.7 Å². The van der Waals surface area contributed by atoms with Crippen LogP contribution in [0.5, 0.6) is 0 Å². The summed E-state index contributed by atoms with van der Waals surface area (Å²) in [4.78, 5) is 6.76. The van der Waals surface area contributed by atoms with E-state index in [1.54, 1.807) is 0 Å². The largest absolute Gasteiger partial charge is 0.441 e. The number of fused-ring (bicyclic) bond motifs is 1. The van der Waals surface area contributed by atoms with Gasteiger partial charge in [-0.1, -0.05) is 6.07 Å². The number of oxazole rings is 1. The Hall–Kier alpha value is -1.43. The van der Waals surface area contributed by atoms with E-state index < -0.39 is 0 Å². The smallest absolute Gasteiger partial charge is 0.192 e. The predicted molar refractivity (Wildman–Crippen MR) is 75.0 cm³/mol. The van der Waals surface area contributed by atoms with Crippen LogP contribution in [0.3, 0.4) is 0 Å². The third-order valence-electron chi connectivity index (χ3n) is 3.61. The van der Waals surface area contributed by atoms with Crippen molar-refractivity contribution >= 4 is 11.1 Å². The predicted octanol–water partition coefficient (Wildman–Crippen LogP) is 1.04. The molecule has 1 fully saturated rings. The fourth-order valence-electron chi connectivity index (χ4n) is 2.57. The second-order valence-electron chi connectivity index (χ2n) is 5.12. The summed E-state index contributed by atoms with van der Waals surface area (Å²) < 4.78 is 5.48. The van der Waals surface area contributed by atoms with Crippen LogP contribution in [0, 0.1) is 6.92 Å². The van der Waals surface area contributed by atoms with Crippen molar-refractivity contribution in [2.75, 3.05) is 32.7 Å². The van der Waals surface area contributed by atoms with E-state index in [9.17, 15) is 0 Å². The lowest BCUT2D eigenvalue weighted by atomic mass is 10.1. The maximum Gasteiger partial charge on any atom is 0.192 e. The second-order valence-corrected chi connectivity index (χ2v) is 5.12. The zero-order valence-corrected chi connectivity index (χ0v) is 11.2. The molecule has 0 radical (unpaired) electrons. The SMILES string of the molecule is Cc1nc2cc(C(N)CN3CCNCC3)ccc2o1. The third-order valence-corrected chi connectivity index (χ3v) is 3.61. The molecule has 1 unspecified atom stereocenters. The fourth-order valence-corrected chi connectivity index (χ4v) is 2.57. The minimum atomic E-state index is 0.0273. The monoisotopic (exact) mass is 260 g/mol. The highest BCUT2D eigenvalue weighted by atomic mass is 16.3. The zero-order valence-electron chi connectivity index (χ0n) is 11.2. The first kappa shape index (κ1) is 12.6. The molecule has 1 saturated heterocycles. The van der Waals surface area contributed by atoms with Crippen LogP contribution in [0.2, 0.25) is 0 Å². The molecule has 1 aromatic carbocycles. The number of benzene rings is 1. The molecule has 1 aliphatic rings. The molecule has 0 aliphatic carbocycles. The molecule has 1 aromatic heterocycles. The van der Waals surface area contributed by atoms with Crippen molar-refractivity contribution in [3.63, 3.8) is 0 Å². The quantitative estimate of drug-likeness (QED) is 0.863. The Labute approximate surface area is 112 Å². The van der Waals surface area contributed by atoms with Crippen LogP contribution in [0.15, 0.2) is 22.6 Å². The molecule has 0 saturated carbocycles. The van der Waals surface area contributed by atoms with Crippen LogP contribution >= 0.6 is 0 Å². The molecule has 2 heterocycles. The van der Waals surface area contributed by atoms with Gasteiger partial charge in [-0.15, -0.1) is 0 Å². The summed E-state index contributed by atoms with van der Waals surface area (Å²) in [5.41, 5.74) is 9.15. The Morgan fingerprint density at radius 3 is 3.00 bits per heavy atom. The molecule has 3 rings (SSSR count). The normalized spacial score (nSPS) is 18.8. The zero-order chi connectivity index (χ0) is 13.2. The summed E-state index contributed by atoms with van der Waals surface area (Å²) >= 11 is 0. The fraction of sp³-hybridized carbons (Fsp3) is 0.500. The molecule has 0 spiro atoms. The summed E-state index contributed by atoms with van der Waals surface area (Å²) in [5, 5.41) is 3.35. The number of nitrogens with zero attached hydrogens (tertiary/aromatic N) is 2. The summed E-state index contributed by atoms with van der Waals surface area (Å²) in [6, 6.07) is 6.07. The van der Waals surface area contributed by atoms with Gasteiger partial charge >= 0.3 is 0 Å². The van der Waals surface area contributed by atoms with Crippen LogP contribution in [-0.2, 0) is 0 Å². The molecule has 102 valence electrons. The van der Waals surface area contributed by atoms with E-state index in [-0.39, 0.29) is 6.04 Å². The lowest BCUT2D eigenvalue weighted by molar-refractivity contribution is 0.228. The first-order valence-electron chi connectivity index (χ1n) is 6.78. The Kier molecular flexibility index (Phi) is 3.50. The minimum absolute atomic E-state index is 0.0273. The topological polar surface area (TPSA) is 67.3 Å². The summed E-state index contributed by atoms with van der Waals surface area (Å²) in [6.45, 7) is 6.99. The number of hydrogen-bond acceptors (Lipinski definition) is 5. The van der Waals surface area contributed by atoms with Gasteiger partial charge in [0.15, 0.2) is 11.5 Å². The van der Waals surface area contributed by atoms with Crippen LogP contribution in [0.25, 0.3) is 11.1 Å². The molecular formula is C14H20N4O. The Balaban J connectivity index is 1.74. The van der Waals surface area contributed by atoms with Crippen molar-refractivity contribution in [2.24, 2.45) is 5.73 Å². The van der Waals surface area contributed by atoms with Gasteiger partial charge in [0.05, 0.1) is 0 Å². The summed E-state index contributed by atoms with van der Waals surface area (Å²) in [5.74, 6) is 0.697. The van der Waals surface area contributed by atoms with Crippen LogP contribution in [-0.4, -0.2) is 42.6 Å². The van der Waals surface area contributed by atoms with Crippen molar-refractivity contribution in [1.29, 1.82) is 0 Å². The number of piperazine rings is 1. The van der Waals surface area contributed by atoms with Crippen molar-refractivity contribution < 1.29 is 4.42 Å². The van der Waals surface area contributed by atoms with E-state index >= 15 is 0 Å². The molecule has 3 N–H and O–H groups in total. The molecule has 1 aliphatic heterocycles. The molecule has 0 bridgehead atoms. The maximum atomic E-state index is 6.30. The average molecular weight is 260 g/mol. The van der Waals surface area contributed by atoms with Crippen molar-refractivity contribution in [2.45, 2.75) is 13.0 Å². The maximum absolute atomic E-state index is 6.30. The van der Waals surface area contributed by atoms with E-state index in [0.717, 1.165) is 49.4 Å². The van der Waals surface area contributed by atoms with E-state index in [1.807, 2.05) is 25.1 Å². The number of aryl methyl sites for hydroxylation is 1. The Bertz CT molecular complexity index is 560. The van der Waals surface area contributed by atoms with Crippen molar-refractivity contribution in [3.8, 4) is 0 Å². The van der Waals surface area contributed by atoms with Gasteiger partial charge < -0.3 is 15.5 Å². The first-order valence-corrected chi connectivity index (χ1v) is 6.78. The highest BCUT2D eigenvalue weighted by Crippen LogP contribution is 2.20. The Morgan fingerprint density at radius 2 is 2.21 bits per heavy atom. The van der Waals surface area contributed by atoms with Gasteiger partial charge in [0.1, 0.15) is 5.52 Å². The minimum Gasteiger partial charge on any atom is -0.441 e. The van der Waals surface area contributed by atoms with Crippen LogP contribution in [0.1, 0.15) is 17.5 Å². The van der Waals surface area contributed by atoms with E-state index in [4.69, 9.17) is 10.2 Å². The van der Waals surface area contributed by atoms with Gasteiger partial charge in [-0.05, 0) is 17.7 Å². The van der Waals surface area contributed by atoms with Crippen LogP contribution in [0.4, 0.5) is 0 Å². The lowest BCUT2D eigenvalue weighted by Gasteiger charge is -2.29. The van der Waals surface area contributed by atoms with Gasteiger partial charge in [0, 0.05) is 45.7 Å². The van der Waals surface area contributed by atoms with Crippen LogP contribution < -0.4 is 11.1 Å². The van der Waals surface area contributed by atoms with E-state index in [0.29, 0.717) is 5.89 Å². The number of hydrogen-bond donors (Lipinski definition) is 2. The third kappa shape index (κ3) is 2.78. The van der Waals surface area contributed by atoms with Crippen molar-refractivity contribution in [1.82, 2.24) is 15.2 Å². The number of nitrogens with two attached hydrogens (primary N) is 1. The second kappa shape index (κ2) is 5.28. The Morgan fingerprint density at radius 1 is 1.42 bits per heavy atom. The number of aromatic nitrogens is 1. The molecule has 19 heavy (non-hydrogen) atoms. The molecular weight excluding hydrogens is 240 g/mol. The molecule has 1 atom stereocenters. The molecule has 5 heteroatoms. The van der Waals surface area contributed by atoms with Gasteiger partial charge in [0.2, 0.25) is 0 Å². The average Bonchev–Trinajstić information content (AvgIpc) is 2.78. The molecule has 0 amide bonds. The highest BCUT2D eigenvalue weighted by molar-refractivity contribution is 5.73. The standard InChI is InChI=1S/C14H20N4O/c1-10-17-13-8-11(2-3-14(13)19-10)12(15)9-18-6-4-16-5-7-18/h2-3,8,12,16H,4-7,9,15H2,1H3. The van der Waals surface area contributed by atoms with Gasteiger partial charge in [-0.2, -0.15) is 0 Å². The van der Waals surface area contributed by atoms with E-state index in [1.165, 1.54) is 0 Å². The van der Waals surface area contributed by atoms with Gasteiger partial charge in [0.25, 0.3) is 0 Å². The van der Waals surface area contributed by atoms with Gasteiger partial charge in [-0.3, -0.25) is 4.90 Å².